The highest BCUT2D eigenvalue weighted by Crippen LogP contribution is 2.13. The predicted molar refractivity (Wildman–Crippen MR) is 67.4 cm³/mol. The average Bonchev–Trinajstić information content (AvgIpc) is 2.76. The van der Waals surface area contributed by atoms with Crippen LogP contribution in [0.5, 0.6) is 5.75 Å². The van der Waals surface area contributed by atoms with E-state index in [2.05, 4.69) is 15.3 Å². The van der Waals surface area contributed by atoms with Gasteiger partial charge in [-0.05, 0) is 13.5 Å². The molecule has 6 heteroatoms. The number of pyridine rings is 1. The molecule has 2 N–H and O–H groups in total. The third-order valence-electron chi connectivity index (χ3n) is 2.53. The summed E-state index contributed by atoms with van der Waals surface area (Å²) < 4.78 is 6.97. The Bertz CT molecular complexity index is 523. The second kappa shape index (κ2) is 5.59. The van der Waals surface area contributed by atoms with Gasteiger partial charge in [0.15, 0.2) is 0 Å². The first-order chi connectivity index (χ1) is 8.71. The van der Waals surface area contributed by atoms with Gasteiger partial charge in [0.05, 0.1) is 25.0 Å². The largest absolute Gasteiger partial charge is 0.497 e. The molecule has 0 fully saturated rings. The average molecular weight is 247 g/mol. The molecule has 0 spiro atoms. The SMILES string of the molecule is COc1cc(C)nc(Cn2cc(CCN)nn2)c1. The van der Waals surface area contributed by atoms with Crippen LogP contribution in [-0.4, -0.2) is 33.6 Å². The van der Waals surface area contributed by atoms with E-state index in [0.29, 0.717) is 13.1 Å². The molecule has 0 atom stereocenters. The Morgan fingerprint density at radius 3 is 2.89 bits per heavy atom. The minimum atomic E-state index is 0.579. The molecule has 0 aliphatic heterocycles. The van der Waals surface area contributed by atoms with Crippen molar-refractivity contribution >= 4 is 0 Å². The maximum Gasteiger partial charge on any atom is 0.122 e. The van der Waals surface area contributed by atoms with Gasteiger partial charge in [-0.1, -0.05) is 5.21 Å². The van der Waals surface area contributed by atoms with Crippen LogP contribution < -0.4 is 10.5 Å². The topological polar surface area (TPSA) is 78.9 Å². The van der Waals surface area contributed by atoms with Gasteiger partial charge in [0, 0.05) is 30.4 Å². The fourth-order valence-corrected chi connectivity index (χ4v) is 1.75. The summed E-state index contributed by atoms with van der Waals surface area (Å²) in [7, 11) is 1.65. The van der Waals surface area contributed by atoms with Gasteiger partial charge < -0.3 is 10.5 Å². The lowest BCUT2D eigenvalue weighted by Crippen LogP contribution is -2.04. The van der Waals surface area contributed by atoms with E-state index in [4.69, 9.17) is 10.5 Å². The van der Waals surface area contributed by atoms with Gasteiger partial charge in [-0.15, -0.1) is 5.10 Å². The molecule has 2 aromatic rings. The van der Waals surface area contributed by atoms with E-state index >= 15 is 0 Å². The Labute approximate surface area is 106 Å². The molecule has 2 rings (SSSR count). The molecule has 2 heterocycles. The van der Waals surface area contributed by atoms with Crippen LogP contribution in [0, 0.1) is 6.92 Å². The van der Waals surface area contributed by atoms with Crippen molar-refractivity contribution in [1.82, 2.24) is 20.0 Å². The molecule has 2 aromatic heterocycles. The second-order valence-corrected chi connectivity index (χ2v) is 4.09. The molecule has 0 aromatic carbocycles. The van der Waals surface area contributed by atoms with Crippen molar-refractivity contribution in [3.63, 3.8) is 0 Å². The number of hydrogen-bond donors (Lipinski definition) is 1. The summed E-state index contributed by atoms with van der Waals surface area (Å²) in [5.41, 5.74) is 8.20. The van der Waals surface area contributed by atoms with Crippen molar-refractivity contribution in [2.24, 2.45) is 5.73 Å². The van der Waals surface area contributed by atoms with Gasteiger partial charge in [-0.2, -0.15) is 0 Å². The van der Waals surface area contributed by atoms with Crippen molar-refractivity contribution in [1.29, 1.82) is 0 Å². The van der Waals surface area contributed by atoms with Gasteiger partial charge in [0.25, 0.3) is 0 Å². The minimum Gasteiger partial charge on any atom is -0.497 e. The lowest BCUT2D eigenvalue weighted by Gasteiger charge is -2.05. The van der Waals surface area contributed by atoms with Crippen molar-refractivity contribution in [3.05, 3.63) is 35.4 Å². The van der Waals surface area contributed by atoms with Gasteiger partial charge >= 0.3 is 0 Å². The van der Waals surface area contributed by atoms with Crippen LogP contribution in [0.4, 0.5) is 0 Å². The molecule has 0 aliphatic rings. The van der Waals surface area contributed by atoms with Crippen molar-refractivity contribution in [2.45, 2.75) is 19.9 Å². The number of aryl methyl sites for hydroxylation is 1. The van der Waals surface area contributed by atoms with Crippen LogP contribution in [0.25, 0.3) is 0 Å². The molecule has 18 heavy (non-hydrogen) atoms. The monoisotopic (exact) mass is 247 g/mol. The lowest BCUT2D eigenvalue weighted by atomic mass is 10.3. The molecule has 6 nitrogen and oxygen atoms in total. The molecule has 96 valence electrons. The summed E-state index contributed by atoms with van der Waals surface area (Å²) in [5, 5.41) is 8.09. The molecule has 0 bridgehead atoms. The summed E-state index contributed by atoms with van der Waals surface area (Å²) >= 11 is 0. The van der Waals surface area contributed by atoms with Gasteiger partial charge in [0.2, 0.25) is 0 Å². The number of nitrogens with zero attached hydrogens (tertiary/aromatic N) is 4. The quantitative estimate of drug-likeness (QED) is 0.834. The molecular formula is C12H17N5O. The molecule has 0 saturated heterocycles. The van der Waals surface area contributed by atoms with Crippen molar-refractivity contribution in [3.8, 4) is 5.75 Å². The number of nitrogens with two attached hydrogens (primary N) is 1. The Balaban J connectivity index is 2.14. The number of hydrogen-bond acceptors (Lipinski definition) is 5. The number of ether oxygens (including phenoxy) is 1. The van der Waals surface area contributed by atoms with E-state index in [1.807, 2.05) is 25.3 Å². The van der Waals surface area contributed by atoms with Crippen molar-refractivity contribution in [2.75, 3.05) is 13.7 Å². The lowest BCUT2D eigenvalue weighted by molar-refractivity contribution is 0.412. The standard InChI is InChI=1S/C12H17N5O/c1-9-5-12(18-2)6-11(14-9)8-17-7-10(3-4-13)15-16-17/h5-7H,3-4,8,13H2,1-2H3. The van der Waals surface area contributed by atoms with E-state index in [1.54, 1.807) is 11.8 Å². The zero-order valence-electron chi connectivity index (χ0n) is 10.6. The Morgan fingerprint density at radius 2 is 2.17 bits per heavy atom. The molecule has 0 radical (unpaired) electrons. The third-order valence-corrected chi connectivity index (χ3v) is 2.53. The summed E-state index contributed by atoms with van der Waals surface area (Å²) in [6.07, 6.45) is 2.63. The van der Waals surface area contributed by atoms with E-state index in [-0.39, 0.29) is 0 Å². The Morgan fingerprint density at radius 1 is 1.33 bits per heavy atom. The van der Waals surface area contributed by atoms with Crippen LogP contribution in [0.15, 0.2) is 18.3 Å². The molecular weight excluding hydrogens is 230 g/mol. The van der Waals surface area contributed by atoms with Crippen LogP contribution in [0.3, 0.4) is 0 Å². The maximum atomic E-state index is 5.47. The first kappa shape index (κ1) is 12.5. The summed E-state index contributed by atoms with van der Waals surface area (Å²) in [5.74, 6) is 0.805. The maximum absolute atomic E-state index is 5.47. The predicted octanol–water partition coefficient (Wildman–Crippen LogP) is 0.540. The highest BCUT2D eigenvalue weighted by molar-refractivity contribution is 5.26. The minimum absolute atomic E-state index is 0.579. The van der Waals surface area contributed by atoms with Gasteiger partial charge in [0.1, 0.15) is 5.75 Å². The second-order valence-electron chi connectivity index (χ2n) is 4.09. The first-order valence-electron chi connectivity index (χ1n) is 5.82. The van der Waals surface area contributed by atoms with E-state index in [9.17, 15) is 0 Å². The van der Waals surface area contributed by atoms with Crippen molar-refractivity contribution < 1.29 is 4.74 Å². The zero-order valence-corrected chi connectivity index (χ0v) is 10.6. The Hall–Kier alpha value is -1.95. The Kier molecular flexibility index (Phi) is 3.88. The fourth-order valence-electron chi connectivity index (χ4n) is 1.75. The molecule has 0 aliphatic carbocycles. The molecule has 0 saturated carbocycles. The van der Waals surface area contributed by atoms with E-state index < -0.39 is 0 Å². The third kappa shape index (κ3) is 3.04. The molecule has 0 unspecified atom stereocenters. The normalized spacial score (nSPS) is 10.6. The van der Waals surface area contributed by atoms with E-state index in [1.165, 1.54) is 0 Å². The molecule has 0 amide bonds. The smallest absolute Gasteiger partial charge is 0.122 e. The highest BCUT2D eigenvalue weighted by atomic mass is 16.5. The number of aromatic nitrogens is 4. The van der Waals surface area contributed by atoms with Crippen LogP contribution in [-0.2, 0) is 13.0 Å². The van der Waals surface area contributed by atoms with Gasteiger partial charge in [-0.25, -0.2) is 4.68 Å². The van der Waals surface area contributed by atoms with Crippen LogP contribution in [0.2, 0.25) is 0 Å². The summed E-state index contributed by atoms with van der Waals surface area (Å²) in [6, 6.07) is 3.79. The number of methoxy groups -OCH3 is 1. The van der Waals surface area contributed by atoms with Gasteiger partial charge in [-0.3, -0.25) is 4.98 Å². The highest BCUT2D eigenvalue weighted by Gasteiger charge is 2.04. The first-order valence-corrected chi connectivity index (χ1v) is 5.82. The van der Waals surface area contributed by atoms with Crippen LogP contribution in [0.1, 0.15) is 17.1 Å². The zero-order chi connectivity index (χ0) is 13.0. The number of rotatable bonds is 5. The summed E-state index contributed by atoms with van der Waals surface area (Å²) in [6.45, 7) is 3.10. The van der Waals surface area contributed by atoms with Crippen LogP contribution >= 0.6 is 0 Å². The van der Waals surface area contributed by atoms with E-state index in [0.717, 1.165) is 29.3 Å². The summed E-state index contributed by atoms with van der Waals surface area (Å²) in [4.78, 5) is 4.44. The fraction of sp³-hybridized carbons (Fsp3) is 0.417.